The molecule has 1 heterocycles. The molecule has 0 unspecified atom stereocenters. The molecule has 0 N–H and O–H groups in total. The molecule has 0 aliphatic carbocycles. The van der Waals surface area contributed by atoms with Crippen LogP contribution in [0.15, 0.2) is 64.2 Å². The van der Waals surface area contributed by atoms with Crippen molar-refractivity contribution in [3.63, 3.8) is 0 Å². The zero-order valence-corrected chi connectivity index (χ0v) is 18.9. The van der Waals surface area contributed by atoms with Crippen LogP contribution in [0.25, 0.3) is 6.08 Å². The molecular weight excluding hydrogens is 446 g/mol. The summed E-state index contributed by atoms with van der Waals surface area (Å²) in [7, 11) is 0. The molecule has 0 aromatic heterocycles. The van der Waals surface area contributed by atoms with E-state index in [1.165, 1.54) is 5.56 Å². The van der Waals surface area contributed by atoms with E-state index in [9.17, 15) is 4.79 Å². The monoisotopic (exact) mass is 469 g/mol. The smallest absolute Gasteiger partial charge is 0.363 e. The number of carbonyl (C=O) groups is 1. The lowest BCUT2D eigenvalue weighted by Crippen LogP contribution is -2.05. The molecule has 1 aliphatic rings. The van der Waals surface area contributed by atoms with Crippen LogP contribution in [0.3, 0.4) is 0 Å². The van der Waals surface area contributed by atoms with Crippen molar-refractivity contribution < 1.29 is 19.0 Å². The van der Waals surface area contributed by atoms with Gasteiger partial charge < -0.3 is 14.2 Å². The normalized spacial score (nSPS) is 14.6. The van der Waals surface area contributed by atoms with Crippen LogP contribution in [-0.2, 0) is 9.53 Å². The largest absolute Gasteiger partial charge is 0.490 e. The minimum Gasteiger partial charge on any atom is -0.490 e. The lowest BCUT2D eigenvalue weighted by Gasteiger charge is -2.13. The van der Waals surface area contributed by atoms with E-state index in [1.54, 1.807) is 18.2 Å². The summed E-state index contributed by atoms with van der Waals surface area (Å²) in [6.45, 7) is 10.7. The number of carbonyl (C=O) groups excluding carboxylic acids is 1. The fourth-order valence-electron chi connectivity index (χ4n) is 2.92. The minimum absolute atomic E-state index is 0.229. The first-order chi connectivity index (χ1) is 14.4. The van der Waals surface area contributed by atoms with Gasteiger partial charge in [0.25, 0.3) is 0 Å². The number of halogens is 1. The molecule has 5 nitrogen and oxygen atoms in total. The van der Waals surface area contributed by atoms with E-state index in [0.29, 0.717) is 41.0 Å². The van der Waals surface area contributed by atoms with Gasteiger partial charge in [0.15, 0.2) is 17.2 Å². The molecule has 0 fully saturated rings. The number of esters is 1. The van der Waals surface area contributed by atoms with Crippen molar-refractivity contribution in [3.05, 3.63) is 75.9 Å². The number of hydrogen-bond acceptors (Lipinski definition) is 5. The molecule has 0 bridgehead atoms. The van der Waals surface area contributed by atoms with Crippen LogP contribution >= 0.6 is 15.9 Å². The van der Waals surface area contributed by atoms with Crippen LogP contribution in [0.1, 0.15) is 43.4 Å². The van der Waals surface area contributed by atoms with Crippen molar-refractivity contribution in [2.24, 2.45) is 4.99 Å². The third-order valence-electron chi connectivity index (χ3n) is 4.43. The summed E-state index contributed by atoms with van der Waals surface area (Å²) in [5.74, 6) is 1.40. The summed E-state index contributed by atoms with van der Waals surface area (Å²) >= 11 is 3.51. The Bertz CT molecular complexity index is 1010. The van der Waals surface area contributed by atoms with Gasteiger partial charge in [0.2, 0.25) is 5.90 Å². The van der Waals surface area contributed by atoms with Crippen LogP contribution in [0.5, 0.6) is 11.5 Å². The van der Waals surface area contributed by atoms with E-state index in [-0.39, 0.29) is 5.70 Å². The van der Waals surface area contributed by atoms with Crippen LogP contribution < -0.4 is 9.47 Å². The van der Waals surface area contributed by atoms with Crippen molar-refractivity contribution in [1.82, 2.24) is 0 Å². The Morgan fingerprint density at radius 2 is 1.93 bits per heavy atom. The predicted molar refractivity (Wildman–Crippen MR) is 122 cm³/mol. The zero-order chi connectivity index (χ0) is 21.7. The summed E-state index contributed by atoms with van der Waals surface area (Å²) in [6.07, 6.45) is 3.33. The standard InChI is InChI=1S/C24H24BrNO4/c1-5-11-29-22-19(25)12-16(14-21(22)28-6-2)13-20-24(27)30-23(26-20)18-9-7-17(8-10-18)15(3)4/h5,7-10,12-15H,1,6,11H2,2-4H3/b20-13-. The number of hydrogen-bond donors (Lipinski definition) is 0. The molecule has 0 saturated heterocycles. The lowest BCUT2D eigenvalue weighted by atomic mass is 10.0. The van der Waals surface area contributed by atoms with Gasteiger partial charge in [-0.3, -0.25) is 0 Å². The van der Waals surface area contributed by atoms with Crippen LogP contribution in [0, 0.1) is 0 Å². The van der Waals surface area contributed by atoms with E-state index >= 15 is 0 Å². The first-order valence-electron chi connectivity index (χ1n) is 9.75. The Labute approximate surface area is 185 Å². The van der Waals surface area contributed by atoms with E-state index in [4.69, 9.17) is 14.2 Å². The van der Waals surface area contributed by atoms with Gasteiger partial charge in [0.05, 0.1) is 11.1 Å². The van der Waals surface area contributed by atoms with Crippen molar-refractivity contribution in [3.8, 4) is 11.5 Å². The quantitative estimate of drug-likeness (QED) is 0.275. The maximum Gasteiger partial charge on any atom is 0.363 e. The minimum atomic E-state index is -0.487. The number of cyclic esters (lactones) is 1. The second kappa shape index (κ2) is 9.76. The average molecular weight is 470 g/mol. The van der Waals surface area contributed by atoms with Gasteiger partial charge in [-0.2, -0.15) is 0 Å². The molecule has 30 heavy (non-hydrogen) atoms. The Morgan fingerprint density at radius 3 is 2.57 bits per heavy atom. The Balaban J connectivity index is 1.91. The van der Waals surface area contributed by atoms with E-state index < -0.39 is 5.97 Å². The third kappa shape index (κ3) is 5.00. The summed E-state index contributed by atoms with van der Waals surface area (Å²) < 4.78 is 17.5. The van der Waals surface area contributed by atoms with Crippen LogP contribution in [0.2, 0.25) is 0 Å². The second-order valence-electron chi connectivity index (χ2n) is 6.98. The Morgan fingerprint density at radius 1 is 1.20 bits per heavy atom. The molecule has 2 aromatic carbocycles. The van der Waals surface area contributed by atoms with Crippen molar-refractivity contribution >= 4 is 33.9 Å². The summed E-state index contributed by atoms with van der Waals surface area (Å²) in [5, 5.41) is 0. The van der Waals surface area contributed by atoms with Crippen LogP contribution in [0.4, 0.5) is 0 Å². The summed E-state index contributed by atoms with van der Waals surface area (Å²) in [4.78, 5) is 16.7. The third-order valence-corrected chi connectivity index (χ3v) is 5.01. The molecule has 0 radical (unpaired) electrons. The van der Waals surface area contributed by atoms with Gasteiger partial charge in [-0.25, -0.2) is 9.79 Å². The maximum atomic E-state index is 12.4. The number of benzene rings is 2. The SMILES string of the molecule is C=CCOc1c(Br)cc(/C=C2\N=C(c3ccc(C(C)C)cc3)OC2=O)cc1OCC. The van der Waals surface area contributed by atoms with Gasteiger partial charge in [-0.15, -0.1) is 0 Å². The highest BCUT2D eigenvalue weighted by atomic mass is 79.9. The lowest BCUT2D eigenvalue weighted by molar-refractivity contribution is -0.129. The predicted octanol–water partition coefficient (Wildman–Crippen LogP) is 5.88. The van der Waals surface area contributed by atoms with E-state index in [1.807, 2.05) is 37.3 Å². The van der Waals surface area contributed by atoms with Gasteiger partial charge in [0.1, 0.15) is 6.61 Å². The Kier molecular flexibility index (Phi) is 7.11. The number of aliphatic imine (C=N–C) groups is 1. The van der Waals surface area contributed by atoms with Crippen LogP contribution in [-0.4, -0.2) is 25.1 Å². The van der Waals surface area contributed by atoms with Crippen molar-refractivity contribution in [1.29, 1.82) is 0 Å². The van der Waals surface area contributed by atoms with Crippen molar-refractivity contribution in [2.45, 2.75) is 26.7 Å². The number of ether oxygens (including phenoxy) is 3. The fourth-order valence-corrected chi connectivity index (χ4v) is 3.49. The van der Waals surface area contributed by atoms with Gasteiger partial charge in [0, 0.05) is 5.56 Å². The number of rotatable bonds is 8. The fraction of sp³-hybridized carbons (Fsp3) is 0.250. The summed E-state index contributed by atoms with van der Waals surface area (Å²) in [5.41, 5.74) is 2.95. The van der Waals surface area contributed by atoms with Crippen molar-refractivity contribution in [2.75, 3.05) is 13.2 Å². The number of nitrogens with zero attached hydrogens (tertiary/aromatic N) is 1. The maximum absolute atomic E-state index is 12.4. The second-order valence-corrected chi connectivity index (χ2v) is 7.83. The van der Waals surface area contributed by atoms with Gasteiger partial charge >= 0.3 is 5.97 Å². The first kappa shape index (κ1) is 21.8. The topological polar surface area (TPSA) is 57.1 Å². The highest BCUT2D eigenvalue weighted by molar-refractivity contribution is 9.10. The average Bonchev–Trinajstić information content (AvgIpc) is 3.08. The summed E-state index contributed by atoms with van der Waals surface area (Å²) in [6, 6.07) is 11.5. The highest BCUT2D eigenvalue weighted by Crippen LogP contribution is 2.38. The molecule has 0 spiro atoms. The Hall–Kier alpha value is -2.86. The van der Waals surface area contributed by atoms with E-state index in [2.05, 4.69) is 41.3 Å². The highest BCUT2D eigenvalue weighted by Gasteiger charge is 2.24. The molecule has 0 amide bonds. The molecule has 0 saturated carbocycles. The molecule has 1 aliphatic heterocycles. The molecule has 3 rings (SSSR count). The van der Waals surface area contributed by atoms with Gasteiger partial charge in [-0.05, 0) is 70.2 Å². The molecule has 6 heteroatoms. The molecule has 2 aromatic rings. The van der Waals surface area contributed by atoms with Gasteiger partial charge in [-0.1, -0.05) is 38.6 Å². The first-order valence-corrected chi connectivity index (χ1v) is 10.5. The molecular formula is C24H24BrNO4. The zero-order valence-electron chi connectivity index (χ0n) is 17.3. The molecule has 0 atom stereocenters. The van der Waals surface area contributed by atoms with E-state index in [0.717, 1.165) is 11.1 Å². The molecule has 156 valence electrons.